The van der Waals surface area contributed by atoms with Gasteiger partial charge in [-0.3, -0.25) is 4.79 Å². The summed E-state index contributed by atoms with van der Waals surface area (Å²) in [5, 5.41) is 0.255. The molecule has 21 heavy (non-hydrogen) atoms. The molecule has 3 nitrogen and oxygen atoms in total. The number of hydrogen-bond donors (Lipinski definition) is 0. The molecule has 110 valence electrons. The molecule has 0 N–H and O–H groups in total. The summed E-state index contributed by atoms with van der Waals surface area (Å²) in [5.41, 5.74) is 0.528. The fourth-order valence-corrected chi connectivity index (χ4v) is 6.37. The number of hydrogen-bond acceptors (Lipinski definition) is 5. The number of carbonyl (C=O) groups is 1. The molecule has 1 aromatic carbocycles. The molecule has 2 fully saturated rings. The first-order valence-electron chi connectivity index (χ1n) is 7.02. The zero-order chi connectivity index (χ0) is 14.9. The van der Waals surface area contributed by atoms with Crippen LogP contribution >= 0.6 is 21.6 Å². The van der Waals surface area contributed by atoms with Crippen molar-refractivity contribution in [3.8, 4) is 0 Å². The maximum Gasteiger partial charge on any atom is 0.309 e. The zero-order valence-electron chi connectivity index (χ0n) is 11.9. The van der Waals surface area contributed by atoms with Gasteiger partial charge in [0, 0.05) is 22.9 Å². The lowest BCUT2D eigenvalue weighted by Crippen LogP contribution is -2.42. The van der Waals surface area contributed by atoms with Gasteiger partial charge in [-0.15, -0.1) is 0 Å². The van der Waals surface area contributed by atoms with E-state index in [4.69, 9.17) is 17.3 Å². The minimum Gasteiger partial charge on any atom is -0.461 e. The topological polar surface area (TPSA) is 35.5 Å². The van der Waals surface area contributed by atoms with Gasteiger partial charge < -0.3 is 9.47 Å². The molecule has 1 aromatic rings. The van der Waals surface area contributed by atoms with Crippen LogP contribution in [0.5, 0.6) is 0 Å². The van der Waals surface area contributed by atoms with E-state index in [2.05, 4.69) is 6.92 Å². The first kappa shape index (κ1) is 15.3. The van der Waals surface area contributed by atoms with Crippen molar-refractivity contribution < 1.29 is 14.3 Å². The molecule has 2 radical (unpaired) electrons. The molecule has 2 aliphatic rings. The van der Waals surface area contributed by atoms with E-state index in [1.807, 2.05) is 30.3 Å². The molecule has 1 unspecified atom stereocenters. The highest BCUT2D eigenvalue weighted by atomic mass is 33.1. The maximum absolute atomic E-state index is 12.2. The maximum atomic E-state index is 12.2. The van der Waals surface area contributed by atoms with E-state index >= 15 is 0 Å². The van der Waals surface area contributed by atoms with Gasteiger partial charge >= 0.3 is 5.97 Å². The predicted octanol–water partition coefficient (Wildman–Crippen LogP) is 2.78. The Hall–Kier alpha value is -0.585. The van der Waals surface area contributed by atoms with Gasteiger partial charge in [0.25, 0.3) is 0 Å². The van der Waals surface area contributed by atoms with Crippen molar-refractivity contribution in [1.29, 1.82) is 0 Å². The Morgan fingerprint density at radius 3 is 3.00 bits per heavy atom. The van der Waals surface area contributed by atoms with Gasteiger partial charge in [0.05, 0.1) is 12.0 Å². The third kappa shape index (κ3) is 3.12. The highest BCUT2D eigenvalue weighted by molar-refractivity contribution is 8.77. The molecule has 0 spiro atoms. The molecule has 6 heteroatoms. The predicted molar refractivity (Wildman–Crippen MR) is 87.2 cm³/mol. The van der Waals surface area contributed by atoms with Crippen molar-refractivity contribution in [3.63, 3.8) is 0 Å². The average molecular weight is 320 g/mol. The van der Waals surface area contributed by atoms with E-state index in [1.165, 1.54) is 0 Å². The Morgan fingerprint density at radius 2 is 2.24 bits per heavy atom. The van der Waals surface area contributed by atoms with Gasteiger partial charge in [0.2, 0.25) is 0 Å². The molecule has 3 rings (SSSR count). The Balaban J connectivity index is 1.59. The molecule has 2 aliphatic heterocycles. The van der Waals surface area contributed by atoms with E-state index < -0.39 is 5.60 Å². The second kappa shape index (κ2) is 6.27. The van der Waals surface area contributed by atoms with Crippen LogP contribution < -0.4 is 0 Å². The Labute approximate surface area is 134 Å². The number of carbonyl (C=O) groups excluding carboxylic acids is 1. The number of ether oxygens (including phenoxy) is 2. The molecule has 2 bridgehead atoms. The van der Waals surface area contributed by atoms with Crippen LogP contribution in [0, 0.1) is 5.92 Å². The molecule has 4 atom stereocenters. The summed E-state index contributed by atoms with van der Waals surface area (Å²) in [7, 11) is 9.54. The summed E-state index contributed by atoms with van der Waals surface area (Å²) in [6, 6.07) is 9.41. The van der Waals surface area contributed by atoms with Crippen molar-refractivity contribution in [2.75, 3.05) is 5.75 Å². The molecule has 0 aliphatic carbocycles. The summed E-state index contributed by atoms with van der Waals surface area (Å²) in [5.74, 6) is 0.831. The number of rotatable bonds is 4. The van der Waals surface area contributed by atoms with Crippen molar-refractivity contribution in [3.05, 3.63) is 35.9 Å². The molecule has 0 saturated carbocycles. The zero-order valence-corrected chi connectivity index (χ0v) is 13.5. The van der Waals surface area contributed by atoms with Crippen molar-refractivity contribution >= 4 is 35.4 Å². The fraction of sp³-hybridized carbons (Fsp3) is 0.533. The van der Waals surface area contributed by atoms with Gasteiger partial charge in [-0.2, -0.15) is 0 Å². The minimum atomic E-state index is -0.465. The largest absolute Gasteiger partial charge is 0.461 e. The van der Waals surface area contributed by atoms with Gasteiger partial charge in [-0.25, -0.2) is 0 Å². The normalized spacial score (nSPS) is 34.6. The quantitative estimate of drug-likeness (QED) is 0.484. The molecule has 2 heterocycles. The van der Waals surface area contributed by atoms with Gasteiger partial charge in [-0.05, 0) is 5.56 Å². The van der Waals surface area contributed by atoms with Gasteiger partial charge in [0.1, 0.15) is 14.5 Å². The van der Waals surface area contributed by atoms with E-state index in [-0.39, 0.29) is 29.6 Å². The third-order valence-electron chi connectivity index (χ3n) is 4.19. The van der Waals surface area contributed by atoms with E-state index in [0.29, 0.717) is 6.61 Å². The first-order valence-corrected chi connectivity index (χ1v) is 9.40. The summed E-state index contributed by atoms with van der Waals surface area (Å²) in [6.07, 6.45) is 0.277. The standard InChI is InChI=1S/C15H17BO3S2/c1-10-13-14(16)19-15(10,9-20-21-13)7-12(17)18-8-11-5-3-2-4-6-11/h2-6,10,13-14H,7-9H2,1H3/t10?,13-,14+,15-/m0/s1. The van der Waals surface area contributed by atoms with Gasteiger partial charge in [0.15, 0.2) is 0 Å². The SMILES string of the molecule is [B][C@@H]1O[C@@]2(CC(=O)OCc3ccccc3)CSS[C@H]1C2C. The van der Waals surface area contributed by atoms with Crippen LogP contribution in [0.25, 0.3) is 0 Å². The second-order valence-electron chi connectivity index (χ2n) is 5.58. The number of esters is 1. The third-order valence-corrected chi connectivity index (χ3v) is 7.26. The average Bonchev–Trinajstić information content (AvgIpc) is 2.62. The lowest BCUT2D eigenvalue weighted by Gasteiger charge is -2.35. The molecule has 2 saturated heterocycles. The molecular weight excluding hydrogens is 303 g/mol. The van der Waals surface area contributed by atoms with E-state index in [9.17, 15) is 4.79 Å². The van der Waals surface area contributed by atoms with E-state index in [0.717, 1.165) is 11.3 Å². The lowest BCUT2D eigenvalue weighted by molar-refractivity contribution is -0.151. The van der Waals surface area contributed by atoms with Crippen molar-refractivity contribution in [2.45, 2.75) is 36.8 Å². The molecular formula is C15H17BO3S2. The second-order valence-corrected chi connectivity index (χ2v) is 8.13. The molecule has 0 aromatic heterocycles. The van der Waals surface area contributed by atoms with Crippen molar-refractivity contribution in [1.82, 2.24) is 0 Å². The summed E-state index contributed by atoms with van der Waals surface area (Å²) in [4.78, 5) is 12.2. The summed E-state index contributed by atoms with van der Waals surface area (Å²) in [6.45, 7) is 2.43. The number of benzene rings is 1. The van der Waals surface area contributed by atoms with Crippen LogP contribution in [0.2, 0.25) is 0 Å². The van der Waals surface area contributed by atoms with Crippen LogP contribution in [-0.4, -0.2) is 36.4 Å². The summed E-state index contributed by atoms with van der Waals surface area (Å²) >= 11 is 0. The highest BCUT2D eigenvalue weighted by Crippen LogP contribution is 2.54. The Kier molecular flexibility index (Phi) is 4.57. The summed E-state index contributed by atoms with van der Waals surface area (Å²) < 4.78 is 11.3. The fourth-order valence-electron chi connectivity index (χ4n) is 2.83. The van der Waals surface area contributed by atoms with Crippen LogP contribution in [0.3, 0.4) is 0 Å². The smallest absolute Gasteiger partial charge is 0.309 e. The van der Waals surface area contributed by atoms with Crippen LogP contribution in [0.1, 0.15) is 18.9 Å². The molecule has 0 amide bonds. The Morgan fingerprint density at radius 1 is 1.48 bits per heavy atom. The van der Waals surface area contributed by atoms with E-state index in [1.54, 1.807) is 21.6 Å². The van der Waals surface area contributed by atoms with Crippen LogP contribution in [0.4, 0.5) is 0 Å². The van der Waals surface area contributed by atoms with Crippen molar-refractivity contribution in [2.24, 2.45) is 5.92 Å². The first-order chi connectivity index (χ1) is 10.1. The van der Waals surface area contributed by atoms with Crippen LogP contribution in [-0.2, 0) is 20.9 Å². The minimum absolute atomic E-state index is 0.217. The van der Waals surface area contributed by atoms with Gasteiger partial charge in [-0.1, -0.05) is 58.8 Å². The lowest BCUT2D eigenvalue weighted by atomic mass is 9.84. The number of fused-ring (bicyclic) bond motifs is 2. The highest BCUT2D eigenvalue weighted by Gasteiger charge is 2.55. The monoisotopic (exact) mass is 320 g/mol. The Bertz CT molecular complexity index is 513. The van der Waals surface area contributed by atoms with Crippen LogP contribution in [0.15, 0.2) is 30.3 Å².